The lowest BCUT2D eigenvalue weighted by Crippen LogP contribution is -2.15. The van der Waals surface area contributed by atoms with Gasteiger partial charge in [-0.3, -0.25) is 9.82 Å². The number of hydrogen-bond acceptors (Lipinski definition) is 4. The van der Waals surface area contributed by atoms with E-state index >= 15 is 0 Å². The second kappa shape index (κ2) is 5.57. The molecule has 0 spiro atoms. The fourth-order valence-corrected chi connectivity index (χ4v) is 3.91. The first-order valence-electron chi connectivity index (χ1n) is 6.14. The van der Waals surface area contributed by atoms with Crippen molar-refractivity contribution in [3.05, 3.63) is 34.1 Å². The molecule has 2 aromatic rings. The summed E-state index contributed by atoms with van der Waals surface area (Å²) in [7, 11) is -2.31. The van der Waals surface area contributed by atoms with Gasteiger partial charge in [0.15, 0.2) is 0 Å². The van der Waals surface area contributed by atoms with Gasteiger partial charge in [-0.2, -0.15) is 5.10 Å². The highest BCUT2D eigenvalue weighted by molar-refractivity contribution is 7.92. The van der Waals surface area contributed by atoms with Gasteiger partial charge in [-0.1, -0.05) is 11.6 Å². The highest BCUT2D eigenvalue weighted by Crippen LogP contribution is 2.34. The molecule has 6 nitrogen and oxygen atoms in total. The second-order valence-electron chi connectivity index (χ2n) is 4.67. The summed E-state index contributed by atoms with van der Waals surface area (Å²) >= 11 is 5.99. The van der Waals surface area contributed by atoms with Crippen LogP contribution in [0.2, 0.25) is 5.02 Å². The van der Waals surface area contributed by atoms with Crippen LogP contribution in [0.25, 0.3) is 0 Å². The summed E-state index contributed by atoms with van der Waals surface area (Å²) in [6, 6.07) is 3.21. The summed E-state index contributed by atoms with van der Waals surface area (Å²) < 4.78 is 32.8. The number of ether oxygens (including phenoxy) is 1. The number of nitrogens with zero attached hydrogens (tertiary/aromatic N) is 1. The molecule has 21 heavy (non-hydrogen) atoms. The Labute approximate surface area is 128 Å². The van der Waals surface area contributed by atoms with Crippen molar-refractivity contribution in [3.63, 3.8) is 0 Å². The summed E-state index contributed by atoms with van der Waals surface area (Å²) in [6.45, 7) is 5.06. The van der Waals surface area contributed by atoms with Crippen LogP contribution < -0.4 is 9.46 Å². The lowest BCUT2D eigenvalue weighted by atomic mass is 10.2. The molecule has 0 unspecified atom stereocenters. The predicted molar refractivity (Wildman–Crippen MR) is 81.6 cm³/mol. The molecule has 2 rings (SSSR count). The van der Waals surface area contributed by atoms with E-state index in [9.17, 15) is 8.42 Å². The summed E-state index contributed by atoms with van der Waals surface area (Å²) in [6.07, 6.45) is 0. The van der Waals surface area contributed by atoms with Crippen LogP contribution in [0.4, 0.5) is 5.69 Å². The van der Waals surface area contributed by atoms with Crippen molar-refractivity contribution in [3.8, 4) is 5.75 Å². The van der Waals surface area contributed by atoms with Crippen LogP contribution in [0.15, 0.2) is 17.0 Å². The number of benzene rings is 1. The molecule has 0 fully saturated rings. The zero-order valence-corrected chi connectivity index (χ0v) is 13.7. The monoisotopic (exact) mass is 329 g/mol. The van der Waals surface area contributed by atoms with Gasteiger partial charge in [0.2, 0.25) is 0 Å². The van der Waals surface area contributed by atoms with Crippen LogP contribution in [0, 0.1) is 20.8 Å². The van der Waals surface area contributed by atoms with Gasteiger partial charge in [0.1, 0.15) is 10.6 Å². The minimum Gasteiger partial charge on any atom is -0.494 e. The second-order valence-corrected chi connectivity index (χ2v) is 6.73. The average molecular weight is 330 g/mol. The van der Waals surface area contributed by atoms with Crippen molar-refractivity contribution < 1.29 is 13.2 Å². The van der Waals surface area contributed by atoms with Crippen molar-refractivity contribution in [2.24, 2.45) is 0 Å². The third-order valence-corrected chi connectivity index (χ3v) is 4.86. The number of rotatable bonds is 4. The minimum atomic E-state index is -3.78. The van der Waals surface area contributed by atoms with Gasteiger partial charge in [-0.25, -0.2) is 8.42 Å². The summed E-state index contributed by atoms with van der Waals surface area (Å²) in [5.74, 6) is 0.432. The molecule has 0 saturated carbocycles. The van der Waals surface area contributed by atoms with E-state index < -0.39 is 10.0 Å². The van der Waals surface area contributed by atoms with Gasteiger partial charge in [0.05, 0.1) is 24.2 Å². The number of anilines is 1. The highest BCUT2D eigenvalue weighted by atomic mass is 35.5. The predicted octanol–water partition coefficient (Wildman–Crippen LogP) is 2.80. The Morgan fingerprint density at radius 2 is 1.95 bits per heavy atom. The maximum absolute atomic E-state index is 12.5. The van der Waals surface area contributed by atoms with Gasteiger partial charge in [0, 0.05) is 5.02 Å². The molecule has 0 atom stereocenters. The zero-order chi connectivity index (χ0) is 15.8. The van der Waals surface area contributed by atoms with Crippen LogP contribution in [-0.2, 0) is 10.0 Å². The molecule has 1 aromatic carbocycles. The molecule has 8 heteroatoms. The largest absolute Gasteiger partial charge is 0.494 e. The lowest BCUT2D eigenvalue weighted by Gasteiger charge is -2.14. The smallest absolute Gasteiger partial charge is 0.265 e. The summed E-state index contributed by atoms with van der Waals surface area (Å²) in [5.41, 5.74) is 1.90. The van der Waals surface area contributed by atoms with E-state index in [1.54, 1.807) is 26.8 Å². The molecule has 2 N–H and O–H groups in total. The van der Waals surface area contributed by atoms with Crippen molar-refractivity contribution in [2.45, 2.75) is 25.7 Å². The normalized spacial score (nSPS) is 11.5. The Morgan fingerprint density at radius 3 is 2.48 bits per heavy atom. The highest BCUT2D eigenvalue weighted by Gasteiger charge is 2.24. The standard InChI is InChI=1S/C13H16ClN3O3S/c1-7-5-10(14)6-11(12(7)20-4)17-21(18,19)13-8(2)15-16-9(13)3/h5-6,17H,1-4H3,(H,15,16). The number of aromatic amines is 1. The van der Waals surface area contributed by atoms with Crippen LogP contribution >= 0.6 is 11.6 Å². The first-order chi connectivity index (χ1) is 9.76. The van der Waals surface area contributed by atoms with E-state index in [1.165, 1.54) is 13.2 Å². The van der Waals surface area contributed by atoms with Gasteiger partial charge in [-0.05, 0) is 38.5 Å². The fourth-order valence-electron chi connectivity index (χ4n) is 2.21. The van der Waals surface area contributed by atoms with Crippen LogP contribution in [-0.4, -0.2) is 25.7 Å². The van der Waals surface area contributed by atoms with E-state index in [0.29, 0.717) is 27.8 Å². The number of hydrogen-bond donors (Lipinski definition) is 2. The molecule has 114 valence electrons. The molecule has 1 heterocycles. The molecule has 0 bridgehead atoms. The number of H-pyrrole nitrogens is 1. The van der Waals surface area contributed by atoms with Crippen LogP contribution in [0.5, 0.6) is 5.75 Å². The summed E-state index contributed by atoms with van der Waals surface area (Å²) in [5, 5.41) is 6.98. The van der Waals surface area contributed by atoms with Crippen molar-refractivity contribution in [1.29, 1.82) is 0 Å². The number of nitrogens with one attached hydrogen (secondary N) is 2. The zero-order valence-electron chi connectivity index (χ0n) is 12.1. The fraction of sp³-hybridized carbons (Fsp3) is 0.308. The third kappa shape index (κ3) is 2.98. The Bertz CT molecular complexity index is 765. The molecule has 0 saturated heterocycles. The molecule has 0 radical (unpaired) electrons. The Kier molecular flexibility index (Phi) is 4.15. The molecule has 0 aliphatic rings. The van der Waals surface area contributed by atoms with Crippen molar-refractivity contribution >= 4 is 27.3 Å². The number of sulfonamides is 1. The first kappa shape index (κ1) is 15.7. The Hall–Kier alpha value is -1.73. The SMILES string of the molecule is COc1c(C)cc(Cl)cc1NS(=O)(=O)c1c(C)n[nH]c1C. The molecule has 0 amide bonds. The summed E-state index contributed by atoms with van der Waals surface area (Å²) in [4.78, 5) is 0.127. The molecule has 0 aliphatic carbocycles. The van der Waals surface area contributed by atoms with Gasteiger partial charge >= 0.3 is 0 Å². The maximum Gasteiger partial charge on any atom is 0.265 e. The van der Waals surface area contributed by atoms with E-state index in [2.05, 4.69) is 14.9 Å². The molecular weight excluding hydrogens is 314 g/mol. The third-order valence-electron chi connectivity index (χ3n) is 3.02. The quantitative estimate of drug-likeness (QED) is 0.903. The van der Waals surface area contributed by atoms with E-state index in [-0.39, 0.29) is 4.90 Å². The number of aryl methyl sites for hydroxylation is 3. The van der Waals surface area contributed by atoms with Crippen molar-refractivity contribution in [1.82, 2.24) is 10.2 Å². The first-order valence-corrected chi connectivity index (χ1v) is 8.01. The Balaban J connectivity index is 2.52. The average Bonchev–Trinajstić information content (AvgIpc) is 2.68. The molecule has 1 aromatic heterocycles. The van der Waals surface area contributed by atoms with Gasteiger partial charge < -0.3 is 4.74 Å². The van der Waals surface area contributed by atoms with Crippen LogP contribution in [0.1, 0.15) is 17.0 Å². The van der Waals surface area contributed by atoms with Gasteiger partial charge in [0.25, 0.3) is 10.0 Å². The minimum absolute atomic E-state index is 0.127. The van der Waals surface area contributed by atoms with E-state index in [1.807, 2.05) is 0 Å². The topological polar surface area (TPSA) is 84.1 Å². The maximum atomic E-state index is 12.5. The molecular formula is C13H16ClN3O3S. The number of aromatic nitrogens is 2. The van der Waals surface area contributed by atoms with Gasteiger partial charge in [-0.15, -0.1) is 0 Å². The van der Waals surface area contributed by atoms with Crippen LogP contribution in [0.3, 0.4) is 0 Å². The van der Waals surface area contributed by atoms with Crippen molar-refractivity contribution in [2.75, 3.05) is 11.8 Å². The van der Waals surface area contributed by atoms with E-state index in [4.69, 9.17) is 16.3 Å². The molecule has 0 aliphatic heterocycles. The number of methoxy groups -OCH3 is 1. The lowest BCUT2D eigenvalue weighted by molar-refractivity contribution is 0.414. The number of halogens is 1. The van der Waals surface area contributed by atoms with E-state index in [0.717, 1.165) is 5.56 Å². The Morgan fingerprint density at radius 1 is 1.29 bits per heavy atom.